The van der Waals surface area contributed by atoms with Gasteiger partial charge in [-0.2, -0.15) is 0 Å². The molecule has 0 aromatic heterocycles. The van der Waals surface area contributed by atoms with Gasteiger partial charge in [-0.1, -0.05) is 69.3 Å². The molecule has 0 aliphatic carbocycles. The lowest BCUT2D eigenvalue weighted by molar-refractivity contribution is -0.274. The van der Waals surface area contributed by atoms with E-state index in [9.17, 15) is 0 Å². The summed E-state index contributed by atoms with van der Waals surface area (Å²) >= 11 is 0. The quantitative estimate of drug-likeness (QED) is 0.574. The van der Waals surface area contributed by atoms with Crippen LogP contribution in [0.25, 0.3) is 0 Å². The molecule has 0 amide bonds. The van der Waals surface area contributed by atoms with Gasteiger partial charge in [0, 0.05) is 5.56 Å². The summed E-state index contributed by atoms with van der Waals surface area (Å²) in [6, 6.07) is 18.4. The molecule has 1 heterocycles. The molecule has 2 aromatic rings. The third-order valence-electron chi connectivity index (χ3n) is 5.08. The van der Waals surface area contributed by atoms with E-state index in [1.807, 2.05) is 36.4 Å². The first kappa shape index (κ1) is 20.1. The fourth-order valence-corrected chi connectivity index (χ4v) is 5.18. The number of para-hydroxylation sites is 1. The Morgan fingerprint density at radius 2 is 1.63 bits per heavy atom. The summed E-state index contributed by atoms with van der Waals surface area (Å²) in [6.07, 6.45) is -0.115. The summed E-state index contributed by atoms with van der Waals surface area (Å²) in [6.45, 7) is 14.6. The minimum absolute atomic E-state index is 0.0390. The normalized spacial score (nSPS) is 23.0. The highest BCUT2D eigenvalue weighted by Gasteiger charge is 2.59. The van der Waals surface area contributed by atoms with E-state index in [2.05, 4.69) is 58.6 Å². The summed E-state index contributed by atoms with van der Waals surface area (Å²) < 4.78 is 19.1. The van der Waals surface area contributed by atoms with Gasteiger partial charge in [-0.3, -0.25) is 0 Å². The van der Waals surface area contributed by atoms with Gasteiger partial charge in [0.25, 0.3) is 0 Å². The summed E-state index contributed by atoms with van der Waals surface area (Å²) in [5.74, 6) is 0.874. The third-order valence-corrected chi connectivity index (χ3v) is 6.06. The predicted octanol–water partition coefficient (Wildman–Crippen LogP) is 5.97. The third kappa shape index (κ3) is 4.28. The van der Waals surface area contributed by atoms with Crippen LogP contribution in [-0.4, -0.2) is 20.5 Å². The molecule has 3 nitrogen and oxygen atoms in total. The average molecular weight is 385 g/mol. The van der Waals surface area contributed by atoms with E-state index < -0.39 is 8.32 Å². The molecule has 146 valence electrons. The van der Waals surface area contributed by atoms with Crippen molar-refractivity contribution in [2.24, 2.45) is 5.41 Å². The van der Waals surface area contributed by atoms with E-state index >= 15 is 0 Å². The van der Waals surface area contributed by atoms with E-state index in [-0.39, 0.29) is 17.1 Å². The topological polar surface area (TPSA) is 27.7 Å². The lowest BCUT2D eigenvalue weighted by Crippen LogP contribution is -2.65. The molecule has 0 bridgehead atoms. The molecule has 3 rings (SSSR count). The van der Waals surface area contributed by atoms with Gasteiger partial charge in [-0.05, 0) is 36.7 Å². The van der Waals surface area contributed by atoms with Crippen LogP contribution >= 0.6 is 0 Å². The van der Waals surface area contributed by atoms with Gasteiger partial charge in [-0.15, -0.1) is 0 Å². The summed E-state index contributed by atoms with van der Waals surface area (Å²) in [5, 5.41) is 0. The van der Waals surface area contributed by atoms with Crippen LogP contribution in [0.5, 0.6) is 5.75 Å². The highest BCUT2D eigenvalue weighted by molar-refractivity contribution is 6.69. The van der Waals surface area contributed by atoms with Crippen molar-refractivity contribution < 1.29 is 13.9 Å². The molecule has 2 atom stereocenters. The Kier molecular flexibility index (Phi) is 5.53. The number of rotatable bonds is 6. The molecule has 1 saturated heterocycles. The number of hydrogen-bond acceptors (Lipinski definition) is 3. The van der Waals surface area contributed by atoms with Crippen molar-refractivity contribution in [1.82, 2.24) is 0 Å². The average Bonchev–Trinajstić information content (AvgIpc) is 2.57. The van der Waals surface area contributed by atoms with Gasteiger partial charge in [-0.25, -0.2) is 0 Å². The highest BCUT2D eigenvalue weighted by atomic mass is 28.4. The van der Waals surface area contributed by atoms with Gasteiger partial charge in [0.05, 0.1) is 6.61 Å². The van der Waals surface area contributed by atoms with Crippen molar-refractivity contribution in [3.63, 3.8) is 0 Å². The summed E-state index contributed by atoms with van der Waals surface area (Å²) in [7, 11) is -1.76. The van der Waals surface area contributed by atoms with Crippen LogP contribution in [0.4, 0.5) is 0 Å². The van der Waals surface area contributed by atoms with Crippen molar-refractivity contribution >= 4 is 8.32 Å². The van der Waals surface area contributed by atoms with Crippen LogP contribution in [0.15, 0.2) is 54.6 Å². The summed E-state index contributed by atoms with van der Waals surface area (Å²) in [4.78, 5) is 0. The van der Waals surface area contributed by atoms with Crippen molar-refractivity contribution in [2.75, 3.05) is 6.61 Å². The van der Waals surface area contributed by atoms with Crippen LogP contribution in [0, 0.1) is 5.41 Å². The van der Waals surface area contributed by atoms with Crippen molar-refractivity contribution in [1.29, 1.82) is 0 Å². The fourth-order valence-electron chi connectivity index (χ4n) is 3.62. The zero-order valence-electron chi connectivity index (χ0n) is 17.4. The fraction of sp³-hybridized carbons (Fsp3) is 0.478. The Morgan fingerprint density at radius 1 is 1.00 bits per heavy atom. The molecule has 4 heteroatoms. The second-order valence-electron chi connectivity index (χ2n) is 9.36. The SMILES string of the molecule is CC(C)(C)[C@@]1(O[Si](C)(C)C)CO[C@@H]1c1ccccc1OCc1ccccc1. The van der Waals surface area contributed by atoms with E-state index in [0.29, 0.717) is 13.2 Å². The maximum absolute atomic E-state index is 6.77. The summed E-state index contributed by atoms with van der Waals surface area (Å²) in [5.41, 5.74) is 1.86. The van der Waals surface area contributed by atoms with Crippen molar-refractivity contribution in [3.8, 4) is 5.75 Å². The molecule has 2 aromatic carbocycles. The van der Waals surface area contributed by atoms with Crippen LogP contribution in [0.2, 0.25) is 19.6 Å². The standard InChI is InChI=1S/C23H32O3Si/c1-22(2,3)23(26-27(4,5)6)17-25-21(23)19-14-10-11-15-20(19)24-16-18-12-8-7-9-13-18/h7-15,21H,16-17H2,1-6H3/t21-,23-/m1/s1. The lowest BCUT2D eigenvalue weighted by atomic mass is 9.68. The van der Waals surface area contributed by atoms with E-state index in [1.54, 1.807) is 0 Å². The zero-order chi connectivity index (χ0) is 19.7. The minimum atomic E-state index is -1.76. The molecule has 0 radical (unpaired) electrons. The smallest absolute Gasteiger partial charge is 0.184 e. The number of benzene rings is 2. The van der Waals surface area contributed by atoms with Gasteiger partial charge < -0.3 is 13.9 Å². The Hall–Kier alpha value is -1.62. The van der Waals surface area contributed by atoms with Gasteiger partial charge in [0.15, 0.2) is 8.32 Å². The minimum Gasteiger partial charge on any atom is -0.489 e. The van der Waals surface area contributed by atoms with E-state index in [4.69, 9.17) is 13.9 Å². The monoisotopic (exact) mass is 384 g/mol. The van der Waals surface area contributed by atoms with Crippen LogP contribution in [0.1, 0.15) is 38.0 Å². The van der Waals surface area contributed by atoms with Gasteiger partial charge in [0.2, 0.25) is 0 Å². The Morgan fingerprint density at radius 3 is 2.19 bits per heavy atom. The molecule has 0 spiro atoms. The molecular formula is C23H32O3Si. The molecule has 1 aliphatic heterocycles. The van der Waals surface area contributed by atoms with Gasteiger partial charge in [0.1, 0.15) is 24.1 Å². The first-order valence-electron chi connectivity index (χ1n) is 9.70. The van der Waals surface area contributed by atoms with Crippen LogP contribution in [-0.2, 0) is 15.8 Å². The second-order valence-corrected chi connectivity index (χ2v) is 13.8. The molecule has 27 heavy (non-hydrogen) atoms. The Labute approximate surface area is 164 Å². The molecule has 1 fully saturated rings. The van der Waals surface area contributed by atoms with E-state index in [0.717, 1.165) is 16.9 Å². The van der Waals surface area contributed by atoms with Gasteiger partial charge >= 0.3 is 0 Å². The first-order valence-corrected chi connectivity index (χ1v) is 13.1. The van der Waals surface area contributed by atoms with Crippen LogP contribution in [0.3, 0.4) is 0 Å². The van der Waals surface area contributed by atoms with Crippen LogP contribution < -0.4 is 4.74 Å². The maximum Gasteiger partial charge on any atom is 0.184 e. The number of ether oxygens (including phenoxy) is 2. The van der Waals surface area contributed by atoms with E-state index in [1.165, 1.54) is 0 Å². The second kappa shape index (κ2) is 7.42. The Balaban J connectivity index is 1.89. The van der Waals surface area contributed by atoms with Crippen molar-refractivity contribution in [3.05, 3.63) is 65.7 Å². The predicted molar refractivity (Wildman–Crippen MR) is 113 cm³/mol. The molecule has 0 saturated carbocycles. The highest BCUT2D eigenvalue weighted by Crippen LogP contribution is 2.55. The molecule has 1 aliphatic rings. The number of hydrogen-bond donors (Lipinski definition) is 0. The largest absolute Gasteiger partial charge is 0.489 e. The molecule has 0 unspecified atom stereocenters. The van der Waals surface area contributed by atoms with Crippen molar-refractivity contribution in [2.45, 2.75) is 58.7 Å². The molecular weight excluding hydrogens is 352 g/mol. The Bertz CT molecular complexity index is 761. The first-order chi connectivity index (χ1) is 12.6. The molecule has 0 N–H and O–H groups in total. The zero-order valence-corrected chi connectivity index (χ0v) is 18.4. The maximum atomic E-state index is 6.77. The lowest BCUT2D eigenvalue weighted by Gasteiger charge is -2.58.